The Hall–Kier alpha value is -7.48. The van der Waals surface area contributed by atoms with E-state index in [-0.39, 0.29) is 67.4 Å². The van der Waals surface area contributed by atoms with Crippen molar-refractivity contribution in [2.24, 2.45) is 0 Å². The zero-order chi connectivity index (χ0) is 38.3. The number of rotatable bonds is 5. The fraction of sp³-hybridized carbons (Fsp3) is 0.100. The number of phenols is 8. The Balaban J connectivity index is 1.29. The molecule has 0 unspecified atom stereocenters. The lowest BCUT2D eigenvalue weighted by Crippen LogP contribution is -1.95. The quantitative estimate of drug-likeness (QED) is 0.0838. The van der Waals surface area contributed by atoms with Gasteiger partial charge in [0, 0.05) is 21.9 Å². The second kappa shape index (κ2) is 12.1. The Morgan fingerprint density at radius 1 is 0.389 bits per heavy atom. The molecule has 270 valence electrons. The molecule has 0 atom stereocenters. The van der Waals surface area contributed by atoms with Gasteiger partial charge in [-0.05, 0) is 121 Å². The van der Waals surface area contributed by atoms with Crippen LogP contribution in [0.5, 0.6) is 46.0 Å². The van der Waals surface area contributed by atoms with Gasteiger partial charge in [0.15, 0.2) is 23.0 Å². The van der Waals surface area contributed by atoms with Crippen LogP contribution in [0, 0.1) is 27.7 Å². The molecule has 6 aromatic carbocycles. The summed E-state index contributed by atoms with van der Waals surface area (Å²) in [6.07, 6.45) is 3.09. The summed E-state index contributed by atoms with van der Waals surface area (Å²) in [6, 6.07) is 15.6. The van der Waals surface area contributed by atoms with Crippen molar-refractivity contribution in [3.05, 3.63) is 95.3 Å². The van der Waals surface area contributed by atoms with Crippen LogP contribution in [0.3, 0.4) is 0 Å². The molecule has 0 fully saturated rings. The zero-order valence-corrected chi connectivity index (χ0v) is 29.2. The average Bonchev–Trinajstić information content (AvgIpc) is 3.82. The first kappa shape index (κ1) is 33.7. The van der Waals surface area contributed by atoms with Crippen LogP contribution >= 0.6 is 0 Å². The summed E-state index contributed by atoms with van der Waals surface area (Å²) in [4.78, 5) is 0. The third-order valence-corrected chi connectivity index (χ3v) is 9.77. The third-order valence-electron chi connectivity index (χ3n) is 9.77. The van der Waals surface area contributed by atoms with Crippen molar-refractivity contribution in [3.63, 3.8) is 0 Å². The van der Waals surface area contributed by atoms with Gasteiger partial charge in [-0.25, -0.2) is 9.36 Å². The largest absolute Gasteiger partial charge is 0.508 e. The van der Waals surface area contributed by atoms with Crippen molar-refractivity contribution in [2.45, 2.75) is 27.7 Å². The molecular weight excluding hydrogens is 692 g/mol. The van der Waals surface area contributed by atoms with Gasteiger partial charge in [-0.3, -0.25) is 0 Å². The second-order valence-corrected chi connectivity index (χ2v) is 13.3. The van der Waals surface area contributed by atoms with E-state index in [0.29, 0.717) is 44.4 Å². The molecule has 2 heterocycles. The number of hydrogen-bond acceptors (Lipinski definition) is 12. The molecule has 0 spiro atoms. The molecule has 0 aliphatic heterocycles. The van der Waals surface area contributed by atoms with E-state index in [1.54, 1.807) is 76.5 Å². The van der Waals surface area contributed by atoms with Gasteiger partial charge >= 0.3 is 0 Å². The molecule has 2 aromatic heterocycles. The van der Waals surface area contributed by atoms with E-state index in [0.717, 1.165) is 0 Å². The topological polar surface area (TPSA) is 223 Å². The van der Waals surface area contributed by atoms with E-state index >= 15 is 0 Å². The molecule has 0 aliphatic carbocycles. The molecule has 54 heavy (non-hydrogen) atoms. The monoisotopic (exact) mass is 724 g/mol. The summed E-state index contributed by atoms with van der Waals surface area (Å²) >= 11 is 0. The van der Waals surface area contributed by atoms with E-state index in [9.17, 15) is 40.9 Å². The molecule has 8 aromatic rings. The molecular formula is C40H32N6O8. The highest BCUT2D eigenvalue weighted by molar-refractivity contribution is 6.11. The minimum absolute atomic E-state index is 0.108. The molecule has 0 radical (unpaired) electrons. The lowest BCUT2D eigenvalue weighted by atomic mass is 9.87. The Bertz CT molecular complexity index is 2680. The maximum atomic E-state index is 11.9. The molecule has 0 aliphatic rings. The number of aryl methyl sites for hydroxylation is 4. The predicted octanol–water partition coefficient (Wildman–Crippen LogP) is 7.03. The lowest BCUT2D eigenvalue weighted by molar-refractivity contribution is 0.405. The van der Waals surface area contributed by atoms with E-state index in [4.69, 9.17) is 0 Å². The first-order valence-electron chi connectivity index (χ1n) is 16.6. The highest BCUT2D eigenvalue weighted by Crippen LogP contribution is 2.53. The summed E-state index contributed by atoms with van der Waals surface area (Å²) < 4.78 is 2.90. The standard InChI is InChI=1S/C40H32N6O8/c1-17-9-21(5-7-29(17)47)45-15-27(41-43-45)35-23-11-19(3)33(37(51)25(23)13-31(49)39(35)53)34-20(4)12-24-26(38(34)52)14-32(50)40(54)36(24)28-16-46(44-42-28)22-6-8-30(48)18(2)10-22/h5-16,47-54H,1-4H3. The highest BCUT2D eigenvalue weighted by Gasteiger charge is 2.27. The normalized spacial score (nSPS) is 11.6. The fourth-order valence-corrected chi connectivity index (χ4v) is 6.98. The third kappa shape index (κ3) is 5.10. The SMILES string of the molecule is Cc1cc(-n2cc(-c3c(O)c(O)cc4c(O)c(-c5c(C)cc6c(-c7cn(-c8ccc(O)c(C)c8)nn7)c(O)c(O)cc6c5O)c(C)cc34)nn2)ccc1O. The van der Waals surface area contributed by atoms with E-state index in [1.165, 1.54) is 33.6 Å². The molecule has 0 saturated carbocycles. The van der Waals surface area contributed by atoms with Crippen molar-refractivity contribution < 1.29 is 40.9 Å². The number of nitrogens with zero attached hydrogens (tertiary/aromatic N) is 6. The van der Waals surface area contributed by atoms with Gasteiger partial charge in [-0.2, -0.15) is 0 Å². The Labute approximate surface area is 305 Å². The van der Waals surface area contributed by atoms with Gasteiger partial charge < -0.3 is 40.9 Å². The van der Waals surface area contributed by atoms with Crippen molar-refractivity contribution in [3.8, 4) is 91.0 Å². The average molecular weight is 725 g/mol. The second-order valence-electron chi connectivity index (χ2n) is 13.3. The number of aromatic hydroxyl groups is 8. The van der Waals surface area contributed by atoms with Gasteiger partial charge in [-0.15, -0.1) is 10.2 Å². The molecule has 14 nitrogen and oxygen atoms in total. The summed E-state index contributed by atoms with van der Waals surface area (Å²) in [5.74, 6) is -2.40. The van der Waals surface area contributed by atoms with Gasteiger partial charge in [0.2, 0.25) is 0 Å². The van der Waals surface area contributed by atoms with E-state index < -0.39 is 23.0 Å². The van der Waals surface area contributed by atoms with Crippen LogP contribution in [-0.4, -0.2) is 70.8 Å². The van der Waals surface area contributed by atoms with Gasteiger partial charge in [0.1, 0.15) is 34.4 Å². The summed E-state index contributed by atoms with van der Waals surface area (Å²) in [5, 5.41) is 105. The highest BCUT2D eigenvalue weighted by atomic mass is 16.3. The Morgan fingerprint density at radius 2 is 0.778 bits per heavy atom. The maximum absolute atomic E-state index is 11.9. The van der Waals surface area contributed by atoms with Crippen LogP contribution in [-0.2, 0) is 0 Å². The van der Waals surface area contributed by atoms with Crippen molar-refractivity contribution in [1.29, 1.82) is 0 Å². The smallest absolute Gasteiger partial charge is 0.167 e. The minimum atomic E-state index is -0.530. The van der Waals surface area contributed by atoms with E-state index in [1.807, 2.05) is 0 Å². The number of benzene rings is 6. The molecule has 0 bridgehead atoms. The van der Waals surface area contributed by atoms with Crippen LogP contribution in [0.2, 0.25) is 0 Å². The van der Waals surface area contributed by atoms with Crippen molar-refractivity contribution in [1.82, 2.24) is 30.0 Å². The summed E-state index contributed by atoms with van der Waals surface area (Å²) in [7, 11) is 0. The molecule has 0 amide bonds. The van der Waals surface area contributed by atoms with Crippen LogP contribution in [0.25, 0.3) is 66.6 Å². The van der Waals surface area contributed by atoms with Crippen LogP contribution in [0.1, 0.15) is 22.3 Å². The van der Waals surface area contributed by atoms with Gasteiger partial charge in [0.05, 0.1) is 34.9 Å². The number of aromatic nitrogens is 6. The summed E-state index contributed by atoms with van der Waals surface area (Å²) in [6.45, 7) is 6.90. The number of fused-ring (bicyclic) bond motifs is 2. The van der Waals surface area contributed by atoms with Crippen LogP contribution in [0.4, 0.5) is 0 Å². The lowest BCUT2D eigenvalue weighted by Gasteiger charge is -2.20. The summed E-state index contributed by atoms with van der Waals surface area (Å²) in [5.41, 5.74) is 4.44. The first-order chi connectivity index (χ1) is 25.7. The van der Waals surface area contributed by atoms with Crippen molar-refractivity contribution in [2.75, 3.05) is 0 Å². The predicted molar refractivity (Wildman–Crippen MR) is 200 cm³/mol. The number of hydrogen-bond donors (Lipinski definition) is 8. The first-order valence-corrected chi connectivity index (χ1v) is 16.6. The zero-order valence-electron chi connectivity index (χ0n) is 29.2. The molecule has 8 rings (SSSR count). The molecule has 14 heteroatoms. The van der Waals surface area contributed by atoms with E-state index in [2.05, 4.69) is 20.6 Å². The van der Waals surface area contributed by atoms with Gasteiger partial charge in [-0.1, -0.05) is 10.4 Å². The maximum Gasteiger partial charge on any atom is 0.167 e. The Kier molecular flexibility index (Phi) is 7.51. The minimum Gasteiger partial charge on any atom is -0.508 e. The molecule has 8 N–H and O–H groups in total. The fourth-order valence-electron chi connectivity index (χ4n) is 6.98. The van der Waals surface area contributed by atoms with Crippen molar-refractivity contribution >= 4 is 21.5 Å². The number of phenolic OH excluding ortho intramolecular Hbond substituents is 8. The van der Waals surface area contributed by atoms with Crippen LogP contribution < -0.4 is 0 Å². The Morgan fingerprint density at radius 3 is 1.15 bits per heavy atom. The van der Waals surface area contributed by atoms with Gasteiger partial charge in [0.25, 0.3) is 0 Å². The van der Waals surface area contributed by atoms with Crippen LogP contribution in [0.15, 0.2) is 73.1 Å². The molecule has 0 saturated heterocycles.